The van der Waals surface area contributed by atoms with Crippen LogP contribution >= 0.6 is 0 Å². The first-order valence-electron chi connectivity index (χ1n) is 8.97. The summed E-state index contributed by atoms with van der Waals surface area (Å²) in [6, 6.07) is 15.5. The van der Waals surface area contributed by atoms with Crippen molar-refractivity contribution in [2.24, 2.45) is 5.92 Å². The first-order valence-corrected chi connectivity index (χ1v) is 8.97. The van der Waals surface area contributed by atoms with E-state index in [4.69, 9.17) is 14.7 Å². The van der Waals surface area contributed by atoms with Crippen molar-refractivity contribution in [1.29, 1.82) is 5.26 Å². The molecule has 0 aliphatic carbocycles. The molecule has 1 N–H and O–H groups in total. The van der Waals surface area contributed by atoms with Gasteiger partial charge in [-0.3, -0.25) is 4.79 Å². The van der Waals surface area contributed by atoms with Crippen LogP contribution in [0.25, 0.3) is 11.1 Å². The van der Waals surface area contributed by atoms with Crippen LogP contribution in [0.1, 0.15) is 31.7 Å². The molecule has 1 amide bonds. The van der Waals surface area contributed by atoms with Crippen molar-refractivity contribution in [3.8, 4) is 28.7 Å². The fraction of sp³-hybridized carbons (Fsp3) is 0.364. The highest BCUT2D eigenvalue weighted by Crippen LogP contribution is 2.39. The molecule has 0 heterocycles. The Labute approximate surface area is 160 Å². The van der Waals surface area contributed by atoms with Crippen molar-refractivity contribution >= 4 is 5.91 Å². The van der Waals surface area contributed by atoms with Crippen molar-refractivity contribution < 1.29 is 14.3 Å². The van der Waals surface area contributed by atoms with Gasteiger partial charge in [0.2, 0.25) is 5.91 Å². The van der Waals surface area contributed by atoms with Crippen LogP contribution in [0.3, 0.4) is 0 Å². The molecule has 0 radical (unpaired) electrons. The second-order valence-electron chi connectivity index (χ2n) is 6.71. The van der Waals surface area contributed by atoms with Gasteiger partial charge in [-0.1, -0.05) is 44.2 Å². The van der Waals surface area contributed by atoms with E-state index >= 15 is 0 Å². The largest absolute Gasteiger partial charge is 0.497 e. The molecule has 0 spiro atoms. The number of rotatable bonds is 8. The van der Waals surface area contributed by atoms with E-state index in [1.54, 1.807) is 14.2 Å². The second kappa shape index (κ2) is 9.63. The number of hydrogen-bond donors (Lipinski definition) is 1. The number of ether oxygens (including phenoxy) is 2. The van der Waals surface area contributed by atoms with Gasteiger partial charge in [-0.25, -0.2) is 0 Å². The van der Waals surface area contributed by atoms with Crippen LogP contribution in [-0.2, 0) is 4.79 Å². The Hall–Kier alpha value is -3.00. The molecule has 2 aromatic carbocycles. The van der Waals surface area contributed by atoms with E-state index in [9.17, 15) is 4.79 Å². The molecule has 1 atom stereocenters. The van der Waals surface area contributed by atoms with Gasteiger partial charge in [0, 0.05) is 11.1 Å². The number of benzene rings is 2. The SMILES string of the molecule is COc1ccc(-c2cccc(C(CC(C)C)C(=O)NCC#N)c2OC)cc1. The topological polar surface area (TPSA) is 71.3 Å². The van der Waals surface area contributed by atoms with E-state index < -0.39 is 0 Å². The number of nitriles is 1. The van der Waals surface area contributed by atoms with Crippen molar-refractivity contribution in [2.75, 3.05) is 20.8 Å². The summed E-state index contributed by atoms with van der Waals surface area (Å²) in [7, 11) is 3.25. The van der Waals surface area contributed by atoms with E-state index in [0.29, 0.717) is 18.1 Å². The number of carbonyl (C=O) groups is 1. The van der Waals surface area contributed by atoms with Crippen LogP contribution in [0.5, 0.6) is 11.5 Å². The van der Waals surface area contributed by atoms with Crippen molar-refractivity contribution in [1.82, 2.24) is 5.32 Å². The number of nitrogens with one attached hydrogen (secondary N) is 1. The Bertz CT molecular complexity index is 807. The fourth-order valence-corrected chi connectivity index (χ4v) is 3.15. The minimum absolute atomic E-state index is 0.00604. The maximum atomic E-state index is 12.7. The molecule has 27 heavy (non-hydrogen) atoms. The molecule has 0 fully saturated rings. The molecule has 0 aliphatic rings. The summed E-state index contributed by atoms with van der Waals surface area (Å²) < 4.78 is 11.0. The van der Waals surface area contributed by atoms with Crippen LogP contribution < -0.4 is 14.8 Å². The Kier molecular flexibility index (Phi) is 7.25. The van der Waals surface area contributed by atoms with Gasteiger partial charge in [0.1, 0.15) is 18.0 Å². The van der Waals surface area contributed by atoms with Gasteiger partial charge in [0.15, 0.2) is 0 Å². The van der Waals surface area contributed by atoms with E-state index in [2.05, 4.69) is 19.2 Å². The van der Waals surface area contributed by atoms with E-state index in [0.717, 1.165) is 22.4 Å². The number of para-hydroxylation sites is 1. The van der Waals surface area contributed by atoms with E-state index in [1.807, 2.05) is 48.5 Å². The Morgan fingerprint density at radius 2 is 1.81 bits per heavy atom. The number of nitrogens with zero attached hydrogens (tertiary/aromatic N) is 1. The molecule has 0 bridgehead atoms. The number of methoxy groups -OCH3 is 2. The van der Waals surface area contributed by atoms with Crippen molar-refractivity contribution in [3.63, 3.8) is 0 Å². The molecule has 142 valence electrons. The van der Waals surface area contributed by atoms with Gasteiger partial charge in [0.25, 0.3) is 0 Å². The first kappa shape index (κ1) is 20.3. The van der Waals surface area contributed by atoms with Crippen molar-refractivity contribution in [2.45, 2.75) is 26.2 Å². The minimum Gasteiger partial charge on any atom is -0.497 e. The summed E-state index contributed by atoms with van der Waals surface area (Å²) in [5, 5.41) is 11.5. The third-order valence-electron chi connectivity index (χ3n) is 4.39. The van der Waals surface area contributed by atoms with Gasteiger partial charge in [-0.2, -0.15) is 5.26 Å². The lowest BCUT2D eigenvalue weighted by Crippen LogP contribution is -2.30. The molecule has 0 aliphatic heterocycles. The molecule has 1 unspecified atom stereocenters. The minimum atomic E-state index is -0.383. The molecule has 5 nitrogen and oxygen atoms in total. The van der Waals surface area contributed by atoms with Crippen LogP contribution in [0, 0.1) is 17.2 Å². The third-order valence-corrected chi connectivity index (χ3v) is 4.39. The standard InChI is InChI=1S/C22H26N2O3/c1-15(2)14-20(22(25)24-13-12-23)19-7-5-6-18(21(19)27-4)16-8-10-17(26-3)11-9-16/h5-11,15,20H,13-14H2,1-4H3,(H,24,25). The van der Waals surface area contributed by atoms with E-state index in [1.165, 1.54) is 0 Å². The third kappa shape index (κ3) is 5.01. The first-order chi connectivity index (χ1) is 13.0. The zero-order valence-electron chi connectivity index (χ0n) is 16.3. The number of carbonyl (C=O) groups excluding carboxylic acids is 1. The lowest BCUT2D eigenvalue weighted by atomic mass is 9.87. The van der Waals surface area contributed by atoms with E-state index in [-0.39, 0.29) is 18.4 Å². The normalized spacial score (nSPS) is 11.6. The molecule has 0 saturated heterocycles. The Morgan fingerprint density at radius 1 is 1.11 bits per heavy atom. The van der Waals surface area contributed by atoms with Crippen LogP contribution in [0.2, 0.25) is 0 Å². The van der Waals surface area contributed by atoms with Crippen LogP contribution in [-0.4, -0.2) is 26.7 Å². The Balaban J connectivity index is 2.50. The number of hydrogen-bond acceptors (Lipinski definition) is 4. The maximum absolute atomic E-state index is 12.7. The highest BCUT2D eigenvalue weighted by atomic mass is 16.5. The molecule has 5 heteroatoms. The molecule has 0 aromatic heterocycles. The quantitative estimate of drug-likeness (QED) is 0.713. The summed E-state index contributed by atoms with van der Waals surface area (Å²) in [4.78, 5) is 12.7. The smallest absolute Gasteiger partial charge is 0.228 e. The maximum Gasteiger partial charge on any atom is 0.228 e. The zero-order valence-corrected chi connectivity index (χ0v) is 16.3. The second-order valence-corrected chi connectivity index (χ2v) is 6.71. The van der Waals surface area contributed by atoms with Gasteiger partial charge >= 0.3 is 0 Å². The number of amides is 1. The average molecular weight is 366 g/mol. The summed E-state index contributed by atoms with van der Waals surface area (Å²) in [6.45, 7) is 4.14. The molecule has 2 aromatic rings. The highest BCUT2D eigenvalue weighted by molar-refractivity contribution is 5.86. The van der Waals surface area contributed by atoms with Crippen molar-refractivity contribution in [3.05, 3.63) is 48.0 Å². The van der Waals surface area contributed by atoms with Gasteiger partial charge < -0.3 is 14.8 Å². The Morgan fingerprint density at radius 3 is 2.37 bits per heavy atom. The van der Waals surface area contributed by atoms with Gasteiger partial charge in [0.05, 0.1) is 26.2 Å². The van der Waals surface area contributed by atoms with Gasteiger partial charge in [-0.05, 0) is 30.0 Å². The molecular formula is C22H26N2O3. The van der Waals surface area contributed by atoms with Crippen LogP contribution in [0.15, 0.2) is 42.5 Å². The average Bonchev–Trinajstić information content (AvgIpc) is 2.69. The fourth-order valence-electron chi connectivity index (χ4n) is 3.15. The molecular weight excluding hydrogens is 340 g/mol. The van der Waals surface area contributed by atoms with Crippen LogP contribution in [0.4, 0.5) is 0 Å². The predicted octanol–water partition coefficient (Wildman–Crippen LogP) is 4.14. The molecule has 2 rings (SSSR count). The van der Waals surface area contributed by atoms with Gasteiger partial charge in [-0.15, -0.1) is 0 Å². The lowest BCUT2D eigenvalue weighted by molar-refractivity contribution is -0.122. The highest BCUT2D eigenvalue weighted by Gasteiger charge is 2.26. The lowest BCUT2D eigenvalue weighted by Gasteiger charge is -2.22. The summed E-state index contributed by atoms with van der Waals surface area (Å²) >= 11 is 0. The zero-order chi connectivity index (χ0) is 19.8. The summed E-state index contributed by atoms with van der Waals surface area (Å²) in [5.74, 6) is 1.24. The predicted molar refractivity (Wildman–Crippen MR) is 106 cm³/mol. The molecule has 0 saturated carbocycles. The summed E-state index contributed by atoms with van der Waals surface area (Å²) in [6.07, 6.45) is 0.666. The summed E-state index contributed by atoms with van der Waals surface area (Å²) in [5.41, 5.74) is 2.73. The monoisotopic (exact) mass is 366 g/mol.